The van der Waals surface area contributed by atoms with Gasteiger partial charge in [-0.15, -0.1) is 11.8 Å². The number of benzene rings is 4. The number of nitrogens with one attached hydrogen (secondary N) is 2. The second-order valence-electron chi connectivity index (χ2n) is 7.83. The van der Waals surface area contributed by atoms with Crippen molar-refractivity contribution in [3.63, 3.8) is 0 Å². The number of primary amides is 1. The summed E-state index contributed by atoms with van der Waals surface area (Å²) in [5, 5.41) is 5.69. The number of nitrogens with two attached hydrogens (primary N) is 1. The molecule has 180 valence electrons. The van der Waals surface area contributed by atoms with Gasteiger partial charge in [0.25, 0.3) is 5.91 Å². The summed E-state index contributed by atoms with van der Waals surface area (Å²) < 4.78 is 0. The minimum absolute atomic E-state index is 0.230. The average Bonchev–Trinajstić information content (AvgIpc) is 2.88. The van der Waals surface area contributed by atoms with Gasteiger partial charge in [0.05, 0.1) is 0 Å². The van der Waals surface area contributed by atoms with Crippen LogP contribution >= 0.6 is 23.4 Å². The highest BCUT2D eigenvalue weighted by Crippen LogP contribution is 2.37. The van der Waals surface area contributed by atoms with Crippen LogP contribution in [-0.4, -0.2) is 17.7 Å². The van der Waals surface area contributed by atoms with Crippen LogP contribution in [0.2, 0.25) is 5.02 Å². The second kappa shape index (κ2) is 11.6. The highest BCUT2D eigenvalue weighted by molar-refractivity contribution is 8.00. The predicted molar refractivity (Wildman–Crippen MR) is 144 cm³/mol. The van der Waals surface area contributed by atoms with E-state index in [4.69, 9.17) is 17.3 Å². The Balaban J connectivity index is 1.53. The van der Waals surface area contributed by atoms with Crippen molar-refractivity contribution in [2.75, 3.05) is 10.6 Å². The van der Waals surface area contributed by atoms with Crippen LogP contribution in [0, 0.1) is 0 Å². The number of hydrogen-bond donors (Lipinski definition) is 3. The van der Waals surface area contributed by atoms with Crippen molar-refractivity contribution in [1.29, 1.82) is 0 Å². The summed E-state index contributed by atoms with van der Waals surface area (Å²) in [6.07, 6.45) is 0. The number of carbonyl (C=O) groups excluding carboxylic acids is 3. The Labute approximate surface area is 217 Å². The van der Waals surface area contributed by atoms with E-state index in [9.17, 15) is 14.4 Å². The highest BCUT2D eigenvalue weighted by Gasteiger charge is 2.22. The molecule has 1 atom stereocenters. The molecule has 4 aromatic carbocycles. The Bertz CT molecular complexity index is 1390. The average molecular weight is 516 g/mol. The van der Waals surface area contributed by atoms with Gasteiger partial charge in [0, 0.05) is 32.4 Å². The summed E-state index contributed by atoms with van der Waals surface area (Å²) in [7, 11) is 0. The first-order chi connectivity index (χ1) is 17.4. The molecule has 0 saturated carbocycles. The first-order valence-electron chi connectivity index (χ1n) is 11.0. The second-order valence-corrected chi connectivity index (χ2v) is 9.45. The van der Waals surface area contributed by atoms with Crippen molar-refractivity contribution in [2.24, 2.45) is 5.73 Å². The molecule has 0 fully saturated rings. The lowest BCUT2D eigenvalue weighted by Gasteiger charge is -2.18. The van der Waals surface area contributed by atoms with Crippen molar-refractivity contribution in [3.05, 3.63) is 125 Å². The zero-order valence-electron chi connectivity index (χ0n) is 19.0. The minimum atomic E-state index is -0.569. The maximum absolute atomic E-state index is 13.3. The molecule has 0 heterocycles. The van der Waals surface area contributed by atoms with E-state index in [1.54, 1.807) is 54.6 Å². The highest BCUT2D eigenvalue weighted by atomic mass is 35.5. The fourth-order valence-electron chi connectivity index (χ4n) is 3.44. The number of hydrogen-bond acceptors (Lipinski definition) is 4. The van der Waals surface area contributed by atoms with E-state index in [0.29, 0.717) is 27.5 Å². The Hall–Kier alpha value is -4.07. The first kappa shape index (κ1) is 25.0. The standard InChI is InChI=1S/C28H22ClN3O3S/c29-21-9-4-8-20(16-21)27(34)32-23-10-5-11-24(17-23)36-25(18-6-2-1-3-7-18)28(35)31-22-14-12-19(13-15-22)26(30)33/h1-17,25H,(H2,30,33)(H,31,35)(H,32,34). The molecule has 4 aromatic rings. The molecule has 6 nitrogen and oxygen atoms in total. The molecule has 0 radical (unpaired) electrons. The summed E-state index contributed by atoms with van der Waals surface area (Å²) >= 11 is 7.36. The van der Waals surface area contributed by atoms with Gasteiger partial charge in [0.1, 0.15) is 5.25 Å². The lowest BCUT2D eigenvalue weighted by Crippen LogP contribution is -2.19. The summed E-state index contributed by atoms with van der Waals surface area (Å²) in [5.41, 5.74) is 8.07. The van der Waals surface area contributed by atoms with Crippen LogP contribution in [-0.2, 0) is 4.79 Å². The van der Waals surface area contributed by atoms with Gasteiger partial charge in [-0.25, -0.2) is 0 Å². The van der Waals surface area contributed by atoms with Crippen molar-refractivity contribution in [2.45, 2.75) is 10.1 Å². The van der Waals surface area contributed by atoms with Crippen molar-refractivity contribution >= 4 is 52.5 Å². The third-order valence-electron chi connectivity index (χ3n) is 5.21. The summed E-state index contributed by atoms with van der Waals surface area (Å²) in [4.78, 5) is 38.1. The largest absolute Gasteiger partial charge is 0.366 e. The molecular weight excluding hydrogens is 494 g/mol. The summed E-state index contributed by atoms with van der Waals surface area (Å²) in [5.74, 6) is -1.05. The van der Waals surface area contributed by atoms with Gasteiger partial charge in [-0.3, -0.25) is 14.4 Å². The van der Waals surface area contributed by atoms with Gasteiger partial charge < -0.3 is 16.4 Å². The topological polar surface area (TPSA) is 101 Å². The lowest BCUT2D eigenvalue weighted by atomic mass is 10.1. The van der Waals surface area contributed by atoms with Crippen LogP contribution < -0.4 is 16.4 Å². The van der Waals surface area contributed by atoms with Gasteiger partial charge in [-0.1, -0.05) is 54.1 Å². The van der Waals surface area contributed by atoms with Crippen molar-refractivity contribution < 1.29 is 14.4 Å². The number of amides is 3. The van der Waals surface area contributed by atoms with Crippen LogP contribution in [0.25, 0.3) is 0 Å². The van der Waals surface area contributed by atoms with E-state index in [0.717, 1.165) is 10.5 Å². The van der Waals surface area contributed by atoms with E-state index < -0.39 is 11.2 Å². The molecule has 0 saturated heterocycles. The van der Waals surface area contributed by atoms with E-state index in [-0.39, 0.29) is 11.8 Å². The smallest absolute Gasteiger partial charge is 0.255 e. The zero-order chi connectivity index (χ0) is 25.5. The number of thioether (sulfide) groups is 1. The third kappa shape index (κ3) is 6.53. The Morgan fingerprint density at radius 1 is 0.722 bits per heavy atom. The molecular formula is C28H22ClN3O3S. The fraction of sp³-hybridized carbons (Fsp3) is 0.0357. The Morgan fingerprint density at radius 2 is 1.44 bits per heavy atom. The monoisotopic (exact) mass is 515 g/mol. The van der Waals surface area contributed by atoms with Crippen LogP contribution in [0.15, 0.2) is 108 Å². The van der Waals surface area contributed by atoms with Crippen LogP contribution in [0.3, 0.4) is 0 Å². The fourth-order valence-corrected chi connectivity index (χ4v) is 4.72. The molecule has 0 bridgehead atoms. The first-order valence-corrected chi connectivity index (χ1v) is 12.2. The van der Waals surface area contributed by atoms with Crippen LogP contribution in [0.1, 0.15) is 31.5 Å². The molecule has 4 N–H and O–H groups in total. The van der Waals surface area contributed by atoms with Crippen LogP contribution in [0.4, 0.5) is 11.4 Å². The Kier molecular flexibility index (Phi) is 8.05. The zero-order valence-corrected chi connectivity index (χ0v) is 20.6. The van der Waals surface area contributed by atoms with E-state index in [1.807, 2.05) is 48.5 Å². The molecule has 0 spiro atoms. The van der Waals surface area contributed by atoms with Crippen molar-refractivity contribution in [3.8, 4) is 0 Å². The number of anilines is 2. The third-order valence-corrected chi connectivity index (χ3v) is 6.69. The van der Waals surface area contributed by atoms with Gasteiger partial charge in [-0.05, 0) is 66.2 Å². The maximum Gasteiger partial charge on any atom is 0.255 e. The van der Waals surface area contributed by atoms with E-state index in [2.05, 4.69) is 10.6 Å². The van der Waals surface area contributed by atoms with Gasteiger partial charge in [-0.2, -0.15) is 0 Å². The number of carbonyl (C=O) groups is 3. The van der Waals surface area contributed by atoms with Crippen molar-refractivity contribution in [1.82, 2.24) is 0 Å². The number of halogens is 1. The molecule has 3 amide bonds. The molecule has 4 rings (SSSR count). The molecule has 0 aliphatic rings. The molecule has 0 aliphatic heterocycles. The maximum atomic E-state index is 13.3. The van der Waals surface area contributed by atoms with Crippen LogP contribution in [0.5, 0.6) is 0 Å². The predicted octanol–water partition coefficient (Wildman–Crippen LogP) is 6.16. The van der Waals surface area contributed by atoms with Gasteiger partial charge >= 0.3 is 0 Å². The lowest BCUT2D eigenvalue weighted by molar-refractivity contribution is -0.115. The minimum Gasteiger partial charge on any atom is -0.366 e. The van der Waals surface area contributed by atoms with Gasteiger partial charge in [0.15, 0.2) is 0 Å². The van der Waals surface area contributed by atoms with E-state index in [1.165, 1.54) is 11.8 Å². The Morgan fingerprint density at radius 3 is 2.14 bits per heavy atom. The normalized spacial score (nSPS) is 11.4. The van der Waals surface area contributed by atoms with Gasteiger partial charge in [0.2, 0.25) is 11.8 Å². The summed E-state index contributed by atoms with van der Waals surface area (Å²) in [6, 6.07) is 29.8. The molecule has 8 heteroatoms. The summed E-state index contributed by atoms with van der Waals surface area (Å²) in [6.45, 7) is 0. The number of rotatable bonds is 8. The SMILES string of the molecule is NC(=O)c1ccc(NC(=O)C(Sc2cccc(NC(=O)c3cccc(Cl)c3)c2)c2ccccc2)cc1. The molecule has 0 aromatic heterocycles. The molecule has 36 heavy (non-hydrogen) atoms. The van der Waals surface area contributed by atoms with E-state index >= 15 is 0 Å². The molecule has 1 unspecified atom stereocenters. The quantitative estimate of drug-likeness (QED) is 0.244. The molecule has 0 aliphatic carbocycles.